The van der Waals surface area contributed by atoms with Crippen molar-refractivity contribution < 1.29 is 24.2 Å². The number of carbonyl (C=O) groups excluding carboxylic acids is 2. The van der Waals surface area contributed by atoms with Gasteiger partial charge >= 0.3 is 11.9 Å². The van der Waals surface area contributed by atoms with Crippen LogP contribution in [0.4, 0.5) is 0 Å². The third-order valence-corrected chi connectivity index (χ3v) is 13.2. The molecule has 0 aromatic carbocycles. The maximum atomic E-state index is 13.6. The lowest BCUT2D eigenvalue weighted by atomic mass is 9.84. The fourth-order valence-corrected chi connectivity index (χ4v) is 9.57. The zero-order chi connectivity index (χ0) is 41.1. The van der Waals surface area contributed by atoms with Crippen LogP contribution in [0.3, 0.4) is 0 Å². The first-order valence-corrected chi connectivity index (χ1v) is 21.5. The first-order chi connectivity index (χ1) is 27.3. The minimum Gasteiger partial charge on any atom is -0.468 e. The highest BCUT2D eigenvalue weighted by Crippen LogP contribution is 2.52. The van der Waals surface area contributed by atoms with Gasteiger partial charge in [-0.2, -0.15) is 0 Å². The molecule has 0 radical (unpaired) electrons. The zero-order valence-electron chi connectivity index (χ0n) is 36.1. The van der Waals surface area contributed by atoms with Gasteiger partial charge in [0.1, 0.15) is 12.5 Å². The molecule has 3 aromatic heterocycles. The van der Waals surface area contributed by atoms with E-state index in [1.807, 2.05) is 13.0 Å². The summed E-state index contributed by atoms with van der Waals surface area (Å²) in [6.07, 6.45) is 17.1. The third kappa shape index (κ3) is 8.41. The summed E-state index contributed by atoms with van der Waals surface area (Å²) in [4.78, 5) is 38.1. The summed E-state index contributed by atoms with van der Waals surface area (Å²) in [5.74, 6) is -1.12. The Morgan fingerprint density at radius 2 is 1.58 bits per heavy atom. The first-order valence-electron chi connectivity index (χ1n) is 21.5. The Morgan fingerprint density at radius 3 is 2.28 bits per heavy atom. The van der Waals surface area contributed by atoms with Gasteiger partial charge in [-0.1, -0.05) is 65.9 Å². The van der Waals surface area contributed by atoms with E-state index in [4.69, 9.17) is 9.47 Å². The molecule has 0 spiro atoms. The maximum Gasteiger partial charge on any atom is 0.316 e. The van der Waals surface area contributed by atoms with E-state index in [0.29, 0.717) is 17.6 Å². The number of fused-ring (bicyclic) bond motifs is 7. The van der Waals surface area contributed by atoms with Crippen LogP contribution in [-0.4, -0.2) is 45.7 Å². The molecule has 9 heteroatoms. The van der Waals surface area contributed by atoms with E-state index in [-0.39, 0.29) is 30.8 Å². The molecule has 5 atom stereocenters. The number of H-pyrrole nitrogens is 3. The monoisotopic (exact) mass is 779 g/mol. The fraction of sp³-hybridized carbons (Fsp3) is 0.542. The molecule has 6 rings (SSSR count). The average Bonchev–Trinajstić information content (AvgIpc) is 3.93. The highest BCUT2D eigenvalue weighted by Gasteiger charge is 2.48. The highest BCUT2D eigenvalue weighted by atomic mass is 16.5. The van der Waals surface area contributed by atoms with Crippen molar-refractivity contribution in [2.75, 3.05) is 13.7 Å². The Labute approximate surface area is 339 Å². The molecular weight excluding hydrogens is 713 g/mol. The topological polar surface area (TPSA) is 132 Å². The summed E-state index contributed by atoms with van der Waals surface area (Å²) in [7, 11) is 1.37. The minimum absolute atomic E-state index is 0.0282. The van der Waals surface area contributed by atoms with Gasteiger partial charge in [-0.05, 0) is 118 Å². The number of allylic oxidation sites excluding steroid dienone is 3. The van der Waals surface area contributed by atoms with E-state index in [1.165, 1.54) is 60.6 Å². The molecule has 9 nitrogen and oxygen atoms in total. The fourth-order valence-electron chi connectivity index (χ4n) is 9.57. The van der Waals surface area contributed by atoms with E-state index in [0.717, 1.165) is 82.0 Å². The van der Waals surface area contributed by atoms with Crippen LogP contribution >= 0.6 is 0 Å². The number of carbonyl (C=O) groups is 2. The molecule has 2 aliphatic heterocycles. The first kappa shape index (κ1) is 42.1. The quantitative estimate of drug-likeness (QED) is 0.0778. The number of hydrogen-bond acceptors (Lipinski definition) is 6. The van der Waals surface area contributed by atoms with Gasteiger partial charge in [0.25, 0.3) is 0 Å². The molecule has 1 aliphatic carbocycles. The number of nitrogens with one attached hydrogen (secondary N) is 4. The van der Waals surface area contributed by atoms with Crippen LogP contribution in [0.1, 0.15) is 155 Å². The van der Waals surface area contributed by atoms with Crippen molar-refractivity contribution >= 4 is 35.7 Å². The average molecular weight is 779 g/mol. The van der Waals surface area contributed by atoms with Crippen molar-refractivity contribution in [2.45, 2.75) is 133 Å². The van der Waals surface area contributed by atoms with Crippen molar-refractivity contribution in [3.8, 4) is 0 Å². The number of aromatic nitrogens is 3. The van der Waals surface area contributed by atoms with Gasteiger partial charge in [0.05, 0.1) is 18.9 Å². The summed E-state index contributed by atoms with van der Waals surface area (Å²) >= 11 is 0. The SMILES string of the molecule is CCCC[C@H](C)CCC/C(C)=C/COC(=O)CC[C@@H]1/C2=C3/c4[nH]c(c(C)c4[C@H](O)[C@@H]3C(=O)OC)/C=c3\[nH]/c(c(C)c3CC)=C\c3[nH]c(c(C)c3CC)/C=C(\N2)[C@H]1C. The molecule has 5 N–H and O–H groups in total. The van der Waals surface area contributed by atoms with Gasteiger partial charge in [0, 0.05) is 68.6 Å². The van der Waals surface area contributed by atoms with E-state index in [2.05, 4.69) is 93.9 Å². The Balaban J connectivity index is 1.38. The molecule has 3 aromatic rings. The molecule has 57 heavy (non-hydrogen) atoms. The van der Waals surface area contributed by atoms with Gasteiger partial charge in [0.2, 0.25) is 0 Å². The second-order valence-electron chi connectivity index (χ2n) is 16.9. The van der Waals surface area contributed by atoms with Crippen molar-refractivity contribution in [2.24, 2.45) is 23.7 Å². The third-order valence-electron chi connectivity index (χ3n) is 13.2. The molecule has 1 fully saturated rings. The number of hydrogen-bond donors (Lipinski definition) is 5. The summed E-state index contributed by atoms with van der Waals surface area (Å²) in [6, 6.07) is 0. The van der Waals surface area contributed by atoms with Crippen molar-refractivity contribution in [3.63, 3.8) is 0 Å². The molecular formula is C48H66N4O5. The molecule has 0 unspecified atom stereocenters. The number of ether oxygens (including phenoxy) is 2. The van der Waals surface area contributed by atoms with Crippen LogP contribution in [0.5, 0.6) is 0 Å². The lowest BCUT2D eigenvalue weighted by Crippen LogP contribution is -2.24. The zero-order valence-corrected chi connectivity index (χ0v) is 36.1. The van der Waals surface area contributed by atoms with Crippen molar-refractivity contribution in [1.82, 2.24) is 20.3 Å². The number of aliphatic hydroxyl groups excluding tert-OH is 1. The summed E-state index contributed by atoms with van der Waals surface area (Å²) in [5.41, 5.74) is 13.9. The number of rotatable bonds is 15. The number of unbranched alkanes of at least 4 members (excludes halogenated alkanes) is 1. The van der Waals surface area contributed by atoms with Gasteiger partial charge in [-0.3, -0.25) is 9.59 Å². The number of methoxy groups -OCH3 is 1. The smallest absolute Gasteiger partial charge is 0.316 e. The van der Waals surface area contributed by atoms with E-state index >= 15 is 0 Å². The van der Waals surface area contributed by atoms with Gasteiger partial charge in [-0.15, -0.1) is 0 Å². The molecule has 8 bridgehead atoms. The Kier molecular flexibility index (Phi) is 13.3. The van der Waals surface area contributed by atoms with Crippen molar-refractivity contribution in [1.29, 1.82) is 0 Å². The largest absolute Gasteiger partial charge is 0.468 e. The van der Waals surface area contributed by atoms with Crippen molar-refractivity contribution in [3.05, 3.63) is 89.9 Å². The van der Waals surface area contributed by atoms with E-state index in [1.54, 1.807) is 0 Å². The summed E-state index contributed by atoms with van der Waals surface area (Å²) in [5, 5.41) is 17.8. The molecule has 1 saturated heterocycles. The number of esters is 2. The predicted molar refractivity (Wildman–Crippen MR) is 229 cm³/mol. The van der Waals surface area contributed by atoms with Gasteiger partial charge < -0.3 is 34.8 Å². The van der Waals surface area contributed by atoms with Crippen LogP contribution < -0.4 is 16.0 Å². The normalized spacial score (nSPS) is 23.9. The molecule has 3 aliphatic rings. The lowest BCUT2D eigenvalue weighted by Gasteiger charge is -2.21. The molecule has 5 heterocycles. The minimum atomic E-state index is -1.10. The van der Waals surface area contributed by atoms with Crippen LogP contribution in [0.15, 0.2) is 23.0 Å². The highest BCUT2D eigenvalue weighted by molar-refractivity contribution is 5.95. The van der Waals surface area contributed by atoms with E-state index in [9.17, 15) is 14.7 Å². The summed E-state index contributed by atoms with van der Waals surface area (Å²) < 4.78 is 11.1. The van der Waals surface area contributed by atoms with Crippen LogP contribution in [0, 0.1) is 44.4 Å². The standard InChI is InChI=1S/C48H66N4O5/c1-11-14-16-26(4)17-15-18-27(5)21-22-57-41(53)20-19-34-30(8)37-23-35-28(6)32(12-2)39(49-35)24-36-29(7)33(13-3)40(50-36)25-38-31(9)42-46(52-38)43(45(34)51-37)44(47(42)54)48(55)56-10/h21,23-26,30,34,44,47,49-52,54H,11-20,22H2,1-10H3/b27-21+,36-24-,37-23-,40-25-,45-43-/t26-,30-,34-,44+,47-/m0/s1. The van der Waals surface area contributed by atoms with Crippen LogP contribution in [-0.2, 0) is 31.9 Å². The van der Waals surface area contributed by atoms with Gasteiger partial charge in [0.15, 0.2) is 0 Å². The second-order valence-corrected chi connectivity index (χ2v) is 16.9. The molecule has 308 valence electrons. The van der Waals surface area contributed by atoms with Crippen LogP contribution in [0.2, 0.25) is 0 Å². The maximum absolute atomic E-state index is 13.6. The number of aliphatic hydroxyl groups is 1. The second kappa shape index (κ2) is 18.0. The Hall–Kier alpha value is -4.50. The molecule has 0 saturated carbocycles. The lowest BCUT2D eigenvalue weighted by molar-refractivity contribution is -0.146. The predicted octanol–water partition coefficient (Wildman–Crippen LogP) is 8.40. The Bertz CT molecular complexity index is 2210. The number of aromatic amines is 3. The Morgan fingerprint density at radius 1 is 0.877 bits per heavy atom. The van der Waals surface area contributed by atoms with Crippen LogP contribution in [0.25, 0.3) is 23.8 Å². The van der Waals surface area contributed by atoms with E-state index < -0.39 is 18.0 Å². The van der Waals surface area contributed by atoms with Gasteiger partial charge in [-0.25, -0.2) is 0 Å². The molecule has 0 amide bonds. The summed E-state index contributed by atoms with van der Waals surface area (Å²) in [6.45, 7) is 19.8.